The number of hydrogen-bond acceptors (Lipinski definition) is 4. The van der Waals surface area contributed by atoms with E-state index in [1.807, 2.05) is 13.0 Å². The van der Waals surface area contributed by atoms with Gasteiger partial charge in [0.25, 0.3) is 5.91 Å². The molecule has 0 saturated carbocycles. The Kier molecular flexibility index (Phi) is 5.36. The van der Waals surface area contributed by atoms with E-state index >= 15 is 0 Å². The van der Waals surface area contributed by atoms with Crippen molar-refractivity contribution in [3.63, 3.8) is 0 Å². The third-order valence-corrected chi connectivity index (χ3v) is 6.15. The van der Waals surface area contributed by atoms with Crippen LogP contribution in [-0.4, -0.2) is 45.3 Å². The standard InChI is InChI=1S/C21H26ClN5O2/c1-3-4-9-17-23-16(18(22)25-17)11-27-10-14-20(29)24-15-8-6-5-7-13(15)19(28)26-21(14,2)12-27/h5-8,14H,3-4,9-12H2,1-2H3,(H,23,25)(H,24,29)(H,26,28)/t14-,21-/m0/s1. The third-order valence-electron chi connectivity index (χ3n) is 5.83. The van der Waals surface area contributed by atoms with Crippen LogP contribution in [0.1, 0.15) is 48.6 Å². The Morgan fingerprint density at radius 3 is 2.90 bits per heavy atom. The average molecular weight is 416 g/mol. The molecule has 0 radical (unpaired) electrons. The predicted molar refractivity (Wildman–Crippen MR) is 112 cm³/mol. The second-order valence-electron chi connectivity index (χ2n) is 8.19. The zero-order chi connectivity index (χ0) is 20.6. The minimum atomic E-state index is -0.660. The first-order valence-corrected chi connectivity index (χ1v) is 10.5. The lowest BCUT2D eigenvalue weighted by Gasteiger charge is -2.33. The maximum Gasteiger partial charge on any atom is 0.253 e. The number of benzene rings is 1. The van der Waals surface area contributed by atoms with Gasteiger partial charge < -0.3 is 15.6 Å². The fraction of sp³-hybridized carbons (Fsp3) is 0.476. The van der Waals surface area contributed by atoms with Crippen molar-refractivity contribution in [1.29, 1.82) is 0 Å². The summed E-state index contributed by atoms with van der Waals surface area (Å²) in [4.78, 5) is 35.7. The fourth-order valence-corrected chi connectivity index (χ4v) is 4.49. The minimum absolute atomic E-state index is 0.0817. The van der Waals surface area contributed by atoms with Crippen molar-refractivity contribution in [2.45, 2.75) is 45.2 Å². The van der Waals surface area contributed by atoms with Gasteiger partial charge in [-0.3, -0.25) is 14.5 Å². The van der Waals surface area contributed by atoms with Crippen molar-refractivity contribution in [1.82, 2.24) is 20.2 Å². The van der Waals surface area contributed by atoms with E-state index in [4.69, 9.17) is 11.6 Å². The predicted octanol–water partition coefficient (Wildman–Crippen LogP) is 2.98. The number of carbonyl (C=O) groups excluding carboxylic acids is 2. The zero-order valence-electron chi connectivity index (χ0n) is 16.7. The van der Waals surface area contributed by atoms with Gasteiger partial charge in [-0.15, -0.1) is 0 Å². The average Bonchev–Trinajstić information content (AvgIpc) is 3.19. The quantitative estimate of drug-likeness (QED) is 0.700. The van der Waals surface area contributed by atoms with E-state index in [-0.39, 0.29) is 17.7 Å². The summed E-state index contributed by atoms with van der Waals surface area (Å²) in [5.74, 6) is 0.281. The summed E-state index contributed by atoms with van der Waals surface area (Å²) in [7, 11) is 0. The van der Waals surface area contributed by atoms with Gasteiger partial charge in [-0.05, 0) is 25.5 Å². The lowest BCUT2D eigenvalue weighted by molar-refractivity contribution is -0.121. The normalized spacial score (nSPS) is 24.3. The molecule has 2 aliphatic heterocycles. The third kappa shape index (κ3) is 3.89. The summed E-state index contributed by atoms with van der Waals surface area (Å²) in [6.07, 6.45) is 3.02. The molecule has 1 aromatic heterocycles. The summed E-state index contributed by atoms with van der Waals surface area (Å²) >= 11 is 6.34. The van der Waals surface area contributed by atoms with Crippen molar-refractivity contribution in [2.75, 3.05) is 18.4 Å². The van der Waals surface area contributed by atoms with E-state index in [1.165, 1.54) is 0 Å². The molecule has 0 bridgehead atoms. The second-order valence-corrected chi connectivity index (χ2v) is 8.54. The number of nitrogens with one attached hydrogen (secondary N) is 3. The fourth-order valence-electron chi connectivity index (χ4n) is 4.29. The zero-order valence-corrected chi connectivity index (χ0v) is 17.5. The van der Waals surface area contributed by atoms with E-state index in [0.717, 1.165) is 30.8 Å². The molecule has 7 nitrogen and oxygen atoms in total. The molecule has 2 amide bonds. The number of fused-ring (bicyclic) bond motifs is 2. The molecular weight excluding hydrogens is 390 g/mol. The lowest BCUT2D eigenvalue weighted by atomic mass is 9.86. The molecule has 0 unspecified atom stereocenters. The molecule has 1 fully saturated rings. The van der Waals surface area contributed by atoms with Gasteiger partial charge in [0.2, 0.25) is 5.91 Å². The maximum atomic E-state index is 13.0. The molecule has 0 aliphatic carbocycles. The number of H-pyrrole nitrogens is 1. The molecule has 3 heterocycles. The van der Waals surface area contributed by atoms with Crippen LogP contribution in [0.25, 0.3) is 0 Å². The number of anilines is 1. The smallest absolute Gasteiger partial charge is 0.253 e. The Hall–Kier alpha value is -2.38. The summed E-state index contributed by atoms with van der Waals surface area (Å²) < 4.78 is 0. The van der Waals surface area contributed by atoms with Crippen LogP contribution >= 0.6 is 11.6 Å². The topological polar surface area (TPSA) is 90.1 Å². The van der Waals surface area contributed by atoms with Crippen LogP contribution in [0.2, 0.25) is 5.15 Å². The molecular formula is C21H26ClN5O2. The van der Waals surface area contributed by atoms with Gasteiger partial charge in [0.15, 0.2) is 5.15 Å². The van der Waals surface area contributed by atoms with Crippen molar-refractivity contribution in [3.8, 4) is 0 Å². The van der Waals surface area contributed by atoms with Crippen LogP contribution < -0.4 is 10.6 Å². The number of aromatic amines is 1. The Balaban J connectivity index is 1.53. The Morgan fingerprint density at radius 1 is 1.31 bits per heavy atom. The van der Waals surface area contributed by atoms with Crippen molar-refractivity contribution >= 4 is 29.1 Å². The molecule has 4 rings (SSSR count). The summed E-state index contributed by atoms with van der Waals surface area (Å²) in [6.45, 7) is 5.72. The molecule has 1 aromatic carbocycles. The molecule has 1 saturated heterocycles. The number of hydrogen-bond donors (Lipinski definition) is 3. The molecule has 2 aromatic rings. The highest BCUT2D eigenvalue weighted by Crippen LogP contribution is 2.33. The van der Waals surface area contributed by atoms with Crippen LogP contribution in [0.15, 0.2) is 24.3 Å². The lowest BCUT2D eigenvalue weighted by Crippen LogP contribution is -2.56. The van der Waals surface area contributed by atoms with E-state index < -0.39 is 5.54 Å². The van der Waals surface area contributed by atoms with Crippen molar-refractivity contribution < 1.29 is 9.59 Å². The van der Waals surface area contributed by atoms with Gasteiger partial charge in [0, 0.05) is 26.1 Å². The maximum absolute atomic E-state index is 13.0. The largest absolute Gasteiger partial charge is 0.345 e. The molecule has 8 heteroatoms. The highest BCUT2D eigenvalue weighted by atomic mass is 35.5. The van der Waals surface area contributed by atoms with Crippen LogP contribution in [-0.2, 0) is 17.8 Å². The summed E-state index contributed by atoms with van der Waals surface area (Å²) in [5.41, 5.74) is 1.22. The molecule has 2 aliphatic rings. The number of halogens is 1. The van der Waals surface area contributed by atoms with Gasteiger partial charge in [-0.1, -0.05) is 37.1 Å². The number of aromatic nitrogens is 2. The number of nitrogens with zero attached hydrogens (tertiary/aromatic N) is 2. The van der Waals surface area contributed by atoms with Crippen molar-refractivity contribution in [2.24, 2.45) is 5.92 Å². The molecule has 2 atom stereocenters. The van der Waals surface area contributed by atoms with Crippen molar-refractivity contribution in [3.05, 3.63) is 46.5 Å². The number of rotatable bonds is 5. The minimum Gasteiger partial charge on any atom is -0.345 e. The Bertz CT molecular complexity index is 943. The highest BCUT2D eigenvalue weighted by molar-refractivity contribution is 6.30. The number of carbonyl (C=O) groups is 2. The van der Waals surface area contributed by atoms with E-state index in [1.54, 1.807) is 18.2 Å². The summed E-state index contributed by atoms with van der Waals surface area (Å²) in [6, 6.07) is 7.09. The molecule has 29 heavy (non-hydrogen) atoms. The SMILES string of the molecule is CCCCc1nc(Cl)c(CN2C[C@H]3C(=O)Nc4ccccc4C(=O)N[C@@]3(C)C2)[nH]1. The van der Waals surface area contributed by atoms with E-state index in [0.29, 0.717) is 36.0 Å². The van der Waals surface area contributed by atoms with Gasteiger partial charge in [0.1, 0.15) is 5.82 Å². The number of imidazole rings is 1. The number of aryl methyl sites for hydroxylation is 1. The monoisotopic (exact) mass is 415 g/mol. The van der Waals surface area contributed by atoms with E-state index in [9.17, 15) is 9.59 Å². The van der Waals surface area contributed by atoms with Crippen LogP contribution in [0.3, 0.4) is 0 Å². The number of likely N-dealkylation sites (tertiary alicyclic amines) is 1. The van der Waals surface area contributed by atoms with Crippen LogP contribution in [0, 0.1) is 5.92 Å². The number of para-hydroxylation sites is 1. The first-order chi connectivity index (χ1) is 13.9. The summed E-state index contributed by atoms with van der Waals surface area (Å²) in [5, 5.41) is 6.53. The van der Waals surface area contributed by atoms with Crippen LogP contribution in [0.4, 0.5) is 5.69 Å². The second kappa shape index (κ2) is 7.80. The highest BCUT2D eigenvalue weighted by Gasteiger charge is 2.49. The van der Waals surface area contributed by atoms with Gasteiger partial charge in [-0.2, -0.15) is 0 Å². The first-order valence-electron chi connectivity index (χ1n) is 10.1. The first kappa shape index (κ1) is 19.9. The molecule has 3 N–H and O–H groups in total. The van der Waals surface area contributed by atoms with Gasteiger partial charge in [-0.25, -0.2) is 4.98 Å². The van der Waals surface area contributed by atoms with Gasteiger partial charge in [0.05, 0.1) is 28.4 Å². The van der Waals surface area contributed by atoms with Gasteiger partial charge >= 0.3 is 0 Å². The number of amides is 2. The Labute approximate surface area is 175 Å². The Morgan fingerprint density at radius 2 is 2.10 bits per heavy atom. The molecule has 154 valence electrons. The van der Waals surface area contributed by atoms with Crippen LogP contribution in [0.5, 0.6) is 0 Å². The number of unbranched alkanes of at least 4 members (excludes halogenated alkanes) is 1. The van der Waals surface area contributed by atoms with E-state index in [2.05, 4.69) is 32.4 Å². The molecule has 0 spiro atoms.